The van der Waals surface area contributed by atoms with Gasteiger partial charge < -0.3 is 10.2 Å². The quantitative estimate of drug-likeness (QED) is 0.691. The lowest BCUT2D eigenvalue weighted by Gasteiger charge is -2.23. The van der Waals surface area contributed by atoms with Crippen molar-refractivity contribution < 1.29 is 13.2 Å². The minimum absolute atomic E-state index is 0.0675. The summed E-state index contributed by atoms with van der Waals surface area (Å²) in [6, 6.07) is -0.0393. The van der Waals surface area contributed by atoms with Crippen molar-refractivity contribution in [3.8, 4) is 0 Å². The van der Waals surface area contributed by atoms with Gasteiger partial charge in [-0.25, -0.2) is 8.42 Å². The lowest BCUT2D eigenvalue weighted by atomic mass is 10.2. The van der Waals surface area contributed by atoms with E-state index in [1.165, 1.54) is 4.90 Å². The third kappa shape index (κ3) is 2.59. The topological polar surface area (TPSA) is 78.8 Å². The van der Waals surface area contributed by atoms with Gasteiger partial charge in [0.2, 0.25) is 0 Å². The molecule has 0 aromatic heterocycles. The van der Waals surface area contributed by atoms with Gasteiger partial charge in [-0.3, -0.25) is 9.79 Å². The number of hydrogen-bond acceptors (Lipinski definition) is 5. The fourth-order valence-electron chi connectivity index (χ4n) is 2.10. The van der Waals surface area contributed by atoms with Gasteiger partial charge in [0.25, 0.3) is 5.91 Å². The van der Waals surface area contributed by atoms with E-state index in [-0.39, 0.29) is 29.5 Å². The van der Waals surface area contributed by atoms with E-state index in [1.807, 2.05) is 6.92 Å². The number of hydrogen-bond donors (Lipinski definition) is 1. The Morgan fingerprint density at radius 1 is 1.53 bits per heavy atom. The summed E-state index contributed by atoms with van der Waals surface area (Å²) in [5, 5.41) is 2.99. The molecule has 2 aliphatic heterocycles. The van der Waals surface area contributed by atoms with E-state index in [1.54, 1.807) is 7.05 Å². The minimum Gasteiger partial charge on any atom is -0.361 e. The third-order valence-corrected chi connectivity index (χ3v) is 4.94. The molecule has 6 nitrogen and oxygen atoms in total. The highest BCUT2D eigenvalue weighted by Gasteiger charge is 2.34. The first-order chi connectivity index (χ1) is 7.89. The number of rotatable bonds is 2. The summed E-state index contributed by atoms with van der Waals surface area (Å²) in [6.45, 7) is 2.54. The highest BCUT2D eigenvalue weighted by molar-refractivity contribution is 7.91. The predicted octanol–water partition coefficient (Wildman–Crippen LogP) is -0.978. The van der Waals surface area contributed by atoms with E-state index < -0.39 is 9.84 Å². The van der Waals surface area contributed by atoms with Crippen LogP contribution in [0.15, 0.2) is 4.99 Å². The molecular formula is C10H17N3O3S. The zero-order chi connectivity index (χ0) is 12.6. The van der Waals surface area contributed by atoms with Gasteiger partial charge in [0.15, 0.2) is 15.7 Å². The summed E-state index contributed by atoms with van der Waals surface area (Å²) in [5.74, 6) is 0.379. The van der Waals surface area contributed by atoms with Gasteiger partial charge in [0.05, 0.1) is 18.1 Å². The second-order valence-corrected chi connectivity index (χ2v) is 6.94. The molecule has 7 heteroatoms. The van der Waals surface area contributed by atoms with Gasteiger partial charge in [0, 0.05) is 19.1 Å². The van der Waals surface area contributed by atoms with Crippen LogP contribution in [0.5, 0.6) is 0 Å². The Bertz CT molecular complexity index is 457. The monoisotopic (exact) mass is 259 g/mol. The van der Waals surface area contributed by atoms with Crippen LogP contribution in [0.3, 0.4) is 0 Å². The van der Waals surface area contributed by atoms with E-state index in [2.05, 4.69) is 10.3 Å². The Labute approximate surface area is 101 Å². The first kappa shape index (κ1) is 12.3. The van der Waals surface area contributed by atoms with Crippen LogP contribution in [0.4, 0.5) is 0 Å². The first-order valence-corrected chi connectivity index (χ1v) is 7.50. The van der Waals surface area contributed by atoms with E-state index in [4.69, 9.17) is 0 Å². The number of likely N-dealkylation sites (N-methyl/N-ethyl adjacent to an activating group) is 1. The molecule has 17 heavy (non-hydrogen) atoms. The zero-order valence-electron chi connectivity index (χ0n) is 10.0. The maximum absolute atomic E-state index is 12.0. The average molecular weight is 259 g/mol. The fraction of sp³-hybridized carbons (Fsp3) is 0.800. The first-order valence-electron chi connectivity index (χ1n) is 5.67. The van der Waals surface area contributed by atoms with Crippen molar-refractivity contribution >= 4 is 21.6 Å². The lowest BCUT2D eigenvalue weighted by molar-refractivity contribution is -0.124. The number of aliphatic imine (C=N–C) groups is 1. The van der Waals surface area contributed by atoms with Crippen LogP contribution in [0, 0.1) is 0 Å². The van der Waals surface area contributed by atoms with Gasteiger partial charge in [-0.1, -0.05) is 0 Å². The van der Waals surface area contributed by atoms with E-state index in [0.717, 1.165) is 0 Å². The van der Waals surface area contributed by atoms with Gasteiger partial charge in [-0.2, -0.15) is 0 Å². The standard InChI is InChI=1S/C10H17N3O3S/c1-7-5-11-9(12-7)10(14)13(2)8-3-4-17(15,16)6-8/h7-8H,3-6H2,1-2H3,(H,11,12). The summed E-state index contributed by atoms with van der Waals surface area (Å²) in [4.78, 5) is 17.6. The highest BCUT2D eigenvalue weighted by atomic mass is 32.2. The molecule has 2 rings (SSSR count). The molecule has 0 radical (unpaired) electrons. The average Bonchev–Trinajstić information content (AvgIpc) is 2.82. The largest absolute Gasteiger partial charge is 0.361 e. The van der Waals surface area contributed by atoms with E-state index in [9.17, 15) is 13.2 Å². The van der Waals surface area contributed by atoms with E-state index >= 15 is 0 Å². The molecule has 1 N–H and O–H groups in total. The lowest BCUT2D eigenvalue weighted by Crippen LogP contribution is -2.46. The van der Waals surface area contributed by atoms with E-state index in [0.29, 0.717) is 18.8 Å². The van der Waals surface area contributed by atoms with Gasteiger partial charge >= 0.3 is 0 Å². The van der Waals surface area contributed by atoms with Gasteiger partial charge in [-0.05, 0) is 13.3 Å². The normalized spacial score (nSPS) is 30.8. The molecule has 2 aliphatic rings. The molecule has 1 fully saturated rings. The molecule has 0 aromatic carbocycles. The van der Waals surface area contributed by atoms with Crippen molar-refractivity contribution in [1.82, 2.24) is 10.2 Å². The number of carbonyl (C=O) groups is 1. The molecule has 0 aliphatic carbocycles. The van der Waals surface area contributed by atoms with Crippen molar-refractivity contribution in [1.29, 1.82) is 0 Å². The highest BCUT2D eigenvalue weighted by Crippen LogP contribution is 2.17. The predicted molar refractivity (Wildman–Crippen MR) is 64.7 cm³/mol. The second kappa shape index (κ2) is 4.29. The summed E-state index contributed by atoms with van der Waals surface area (Å²) >= 11 is 0. The minimum atomic E-state index is -2.96. The van der Waals surface area contributed by atoms with Crippen LogP contribution < -0.4 is 5.32 Å². The Balaban J connectivity index is 2.01. The number of carbonyl (C=O) groups excluding carboxylic acids is 1. The number of amidine groups is 1. The maximum atomic E-state index is 12.0. The van der Waals surface area contributed by atoms with Crippen LogP contribution >= 0.6 is 0 Å². The summed E-state index contributed by atoms with van der Waals surface area (Å²) < 4.78 is 22.7. The fourth-order valence-corrected chi connectivity index (χ4v) is 3.87. The molecule has 2 atom stereocenters. The SMILES string of the molecule is CC1CN=C(C(=O)N(C)C2CCS(=O)(=O)C2)N1. The third-order valence-electron chi connectivity index (χ3n) is 3.19. The molecule has 1 amide bonds. The Hall–Kier alpha value is -1.11. The van der Waals surface area contributed by atoms with Crippen LogP contribution in [-0.4, -0.2) is 62.2 Å². The van der Waals surface area contributed by atoms with Crippen LogP contribution in [0.2, 0.25) is 0 Å². The van der Waals surface area contributed by atoms with Crippen molar-refractivity contribution in [3.63, 3.8) is 0 Å². The Morgan fingerprint density at radius 3 is 2.71 bits per heavy atom. The van der Waals surface area contributed by atoms with Crippen LogP contribution in [-0.2, 0) is 14.6 Å². The number of nitrogens with zero attached hydrogens (tertiary/aromatic N) is 2. The van der Waals surface area contributed by atoms with Gasteiger partial charge in [-0.15, -0.1) is 0 Å². The Kier molecular flexibility index (Phi) is 3.11. The molecule has 1 saturated heterocycles. The summed E-state index contributed by atoms with van der Waals surface area (Å²) in [5.41, 5.74) is 0. The van der Waals surface area contributed by atoms with Crippen molar-refractivity contribution in [2.24, 2.45) is 4.99 Å². The molecule has 0 saturated carbocycles. The summed E-state index contributed by atoms with van der Waals surface area (Å²) in [7, 11) is -1.32. The number of nitrogens with one attached hydrogen (secondary N) is 1. The van der Waals surface area contributed by atoms with Crippen molar-refractivity contribution in [3.05, 3.63) is 0 Å². The maximum Gasteiger partial charge on any atom is 0.288 e. The van der Waals surface area contributed by atoms with Gasteiger partial charge in [0.1, 0.15) is 0 Å². The van der Waals surface area contributed by atoms with Crippen LogP contribution in [0.1, 0.15) is 13.3 Å². The molecular weight excluding hydrogens is 242 g/mol. The number of amides is 1. The molecule has 2 heterocycles. The second-order valence-electron chi connectivity index (χ2n) is 4.71. The molecule has 0 spiro atoms. The smallest absolute Gasteiger partial charge is 0.288 e. The number of sulfone groups is 1. The van der Waals surface area contributed by atoms with Crippen LogP contribution in [0.25, 0.3) is 0 Å². The zero-order valence-corrected chi connectivity index (χ0v) is 10.8. The molecule has 0 aromatic rings. The molecule has 2 unspecified atom stereocenters. The summed E-state index contributed by atoms with van der Waals surface area (Å²) in [6.07, 6.45) is 0.521. The molecule has 96 valence electrons. The molecule has 0 bridgehead atoms. The van der Waals surface area contributed by atoms with Crippen molar-refractivity contribution in [2.45, 2.75) is 25.4 Å². The Morgan fingerprint density at radius 2 is 2.24 bits per heavy atom. The van der Waals surface area contributed by atoms with Crippen molar-refractivity contribution in [2.75, 3.05) is 25.1 Å².